The summed E-state index contributed by atoms with van der Waals surface area (Å²) in [5.74, 6) is 1.58. The first-order valence-electron chi connectivity index (χ1n) is 8.80. The number of hydrogen-bond acceptors (Lipinski definition) is 2. The van der Waals surface area contributed by atoms with Gasteiger partial charge in [-0.3, -0.25) is 4.99 Å². The maximum Gasteiger partial charge on any atom is 0.191 e. The van der Waals surface area contributed by atoms with Crippen molar-refractivity contribution in [3.8, 4) is 5.69 Å². The van der Waals surface area contributed by atoms with E-state index in [9.17, 15) is 0 Å². The molecule has 1 heterocycles. The number of nitrogens with one attached hydrogen (secondary N) is 2. The second-order valence-electron chi connectivity index (χ2n) is 6.25. The summed E-state index contributed by atoms with van der Waals surface area (Å²) in [5.41, 5.74) is 2.30. The zero-order valence-electron chi connectivity index (χ0n) is 15.0. The Morgan fingerprint density at radius 1 is 1.21 bits per heavy atom. The minimum absolute atomic E-state index is 0.681. The first-order valence-corrected chi connectivity index (χ1v) is 8.80. The summed E-state index contributed by atoms with van der Waals surface area (Å²) in [6, 6.07) is 10.2. The van der Waals surface area contributed by atoms with Crippen LogP contribution in [0.3, 0.4) is 0 Å². The van der Waals surface area contributed by atoms with E-state index in [1.165, 1.54) is 5.56 Å². The molecule has 0 bridgehead atoms. The Morgan fingerprint density at radius 2 is 2.00 bits per heavy atom. The fraction of sp³-hybridized carbons (Fsp3) is 0.474. The molecule has 5 heteroatoms. The Labute approximate surface area is 145 Å². The maximum atomic E-state index is 4.61. The summed E-state index contributed by atoms with van der Waals surface area (Å²) in [7, 11) is 0. The third-order valence-electron chi connectivity index (χ3n) is 3.68. The van der Waals surface area contributed by atoms with Crippen LogP contribution in [0, 0.1) is 5.92 Å². The SMILES string of the molecule is CCNC(=NCCC(C)C)NCCc1cnn(-c2ccccc2)c1. The number of para-hydroxylation sites is 1. The topological polar surface area (TPSA) is 54.2 Å². The monoisotopic (exact) mass is 327 g/mol. The Balaban J connectivity index is 1.83. The normalized spacial score (nSPS) is 11.8. The fourth-order valence-corrected chi connectivity index (χ4v) is 2.31. The number of hydrogen-bond donors (Lipinski definition) is 2. The highest BCUT2D eigenvalue weighted by molar-refractivity contribution is 5.79. The molecule has 0 fully saturated rings. The molecule has 0 aliphatic heterocycles. The van der Waals surface area contributed by atoms with Crippen LogP contribution in [-0.2, 0) is 6.42 Å². The lowest BCUT2D eigenvalue weighted by molar-refractivity contribution is 0.594. The van der Waals surface area contributed by atoms with Gasteiger partial charge in [-0.05, 0) is 43.4 Å². The van der Waals surface area contributed by atoms with Crippen molar-refractivity contribution in [1.29, 1.82) is 0 Å². The highest BCUT2D eigenvalue weighted by Crippen LogP contribution is 2.07. The van der Waals surface area contributed by atoms with Gasteiger partial charge in [-0.15, -0.1) is 0 Å². The molecular formula is C19H29N5. The minimum atomic E-state index is 0.681. The van der Waals surface area contributed by atoms with E-state index < -0.39 is 0 Å². The molecule has 0 unspecified atom stereocenters. The smallest absolute Gasteiger partial charge is 0.191 e. The van der Waals surface area contributed by atoms with Gasteiger partial charge >= 0.3 is 0 Å². The van der Waals surface area contributed by atoms with E-state index in [1.807, 2.05) is 29.1 Å². The van der Waals surface area contributed by atoms with Crippen molar-refractivity contribution < 1.29 is 0 Å². The van der Waals surface area contributed by atoms with Crippen molar-refractivity contribution in [3.05, 3.63) is 48.3 Å². The third kappa shape index (κ3) is 6.07. The molecule has 130 valence electrons. The molecule has 0 aliphatic carbocycles. The van der Waals surface area contributed by atoms with Crippen molar-refractivity contribution >= 4 is 5.96 Å². The summed E-state index contributed by atoms with van der Waals surface area (Å²) in [6.07, 6.45) is 6.04. The van der Waals surface area contributed by atoms with Crippen molar-refractivity contribution in [1.82, 2.24) is 20.4 Å². The molecule has 2 N–H and O–H groups in total. The fourth-order valence-electron chi connectivity index (χ4n) is 2.31. The van der Waals surface area contributed by atoms with Gasteiger partial charge in [-0.2, -0.15) is 5.10 Å². The first-order chi connectivity index (χ1) is 11.7. The van der Waals surface area contributed by atoms with Gasteiger partial charge in [-0.25, -0.2) is 4.68 Å². The van der Waals surface area contributed by atoms with Gasteiger partial charge in [0.2, 0.25) is 0 Å². The van der Waals surface area contributed by atoms with Gasteiger partial charge in [0.05, 0.1) is 11.9 Å². The average molecular weight is 327 g/mol. The second kappa shape index (κ2) is 9.75. The average Bonchev–Trinajstić information content (AvgIpc) is 3.04. The van der Waals surface area contributed by atoms with Crippen LogP contribution < -0.4 is 10.6 Å². The van der Waals surface area contributed by atoms with Crippen LogP contribution in [0.1, 0.15) is 32.8 Å². The number of rotatable bonds is 8. The maximum absolute atomic E-state index is 4.61. The molecule has 0 aliphatic rings. The van der Waals surface area contributed by atoms with E-state index in [0.717, 1.165) is 44.1 Å². The molecule has 5 nitrogen and oxygen atoms in total. The lowest BCUT2D eigenvalue weighted by Crippen LogP contribution is -2.38. The van der Waals surface area contributed by atoms with Crippen LogP contribution in [-0.4, -0.2) is 35.4 Å². The van der Waals surface area contributed by atoms with Crippen LogP contribution >= 0.6 is 0 Å². The molecule has 0 amide bonds. The summed E-state index contributed by atoms with van der Waals surface area (Å²) in [6.45, 7) is 9.11. The quantitative estimate of drug-likeness (QED) is 0.579. The number of aromatic nitrogens is 2. The highest BCUT2D eigenvalue weighted by atomic mass is 15.3. The second-order valence-corrected chi connectivity index (χ2v) is 6.25. The lowest BCUT2D eigenvalue weighted by Gasteiger charge is -2.11. The van der Waals surface area contributed by atoms with Crippen molar-refractivity contribution in [2.24, 2.45) is 10.9 Å². The summed E-state index contributed by atoms with van der Waals surface area (Å²) in [5, 5.41) is 11.1. The van der Waals surface area contributed by atoms with E-state index in [-0.39, 0.29) is 0 Å². The van der Waals surface area contributed by atoms with Crippen LogP contribution in [0.25, 0.3) is 5.69 Å². The Morgan fingerprint density at radius 3 is 2.71 bits per heavy atom. The molecule has 0 radical (unpaired) electrons. The van der Waals surface area contributed by atoms with Crippen LogP contribution in [0.5, 0.6) is 0 Å². The Bertz CT molecular complexity index is 616. The molecule has 0 saturated carbocycles. The summed E-state index contributed by atoms with van der Waals surface area (Å²) in [4.78, 5) is 4.61. The number of benzene rings is 1. The molecule has 24 heavy (non-hydrogen) atoms. The molecular weight excluding hydrogens is 298 g/mol. The molecule has 2 aromatic rings. The predicted molar refractivity (Wildman–Crippen MR) is 101 cm³/mol. The van der Waals surface area contributed by atoms with Crippen molar-refractivity contribution in [2.45, 2.75) is 33.6 Å². The van der Waals surface area contributed by atoms with E-state index in [0.29, 0.717) is 5.92 Å². The highest BCUT2D eigenvalue weighted by Gasteiger charge is 2.02. The van der Waals surface area contributed by atoms with E-state index in [4.69, 9.17) is 0 Å². The third-order valence-corrected chi connectivity index (χ3v) is 3.68. The predicted octanol–water partition coefficient (Wildman–Crippen LogP) is 3.02. The zero-order valence-corrected chi connectivity index (χ0v) is 15.0. The summed E-state index contributed by atoms with van der Waals surface area (Å²) < 4.78 is 1.91. The van der Waals surface area contributed by atoms with Gasteiger partial charge < -0.3 is 10.6 Å². The van der Waals surface area contributed by atoms with Crippen LogP contribution in [0.15, 0.2) is 47.7 Å². The molecule has 0 saturated heterocycles. The van der Waals surface area contributed by atoms with Gasteiger partial charge in [0.1, 0.15) is 0 Å². The van der Waals surface area contributed by atoms with Crippen LogP contribution in [0.4, 0.5) is 0 Å². The molecule has 1 aromatic carbocycles. The van der Waals surface area contributed by atoms with Crippen molar-refractivity contribution in [3.63, 3.8) is 0 Å². The Kier molecular flexibility index (Phi) is 7.33. The number of nitrogens with zero attached hydrogens (tertiary/aromatic N) is 3. The molecule has 1 aromatic heterocycles. The van der Waals surface area contributed by atoms with Gasteiger partial charge in [0.25, 0.3) is 0 Å². The van der Waals surface area contributed by atoms with E-state index in [1.54, 1.807) is 0 Å². The van der Waals surface area contributed by atoms with E-state index >= 15 is 0 Å². The number of aliphatic imine (C=N–C) groups is 1. The molecule has 2 rings (SSSR count). The van der Waals surface area contributed by atoms with Crippen molar-refractivity contribution in [2.75, 3.05) is 19.6 Å². The lowest BCUT2D eigenvalue weighted by atomic mass is 10.1. The Hall–Kier alpha value is -2.30. The van der Waals surface area contributed by atoms with Gasteiger partial charge in [0, 0.05) is 25.8 Å². The van der Waals surface area contributed by atoms with Gasteiger partial charge in [-0.1, -0.05) is 32.0 Å². The largest absolute Gasteiger partial charge is 0.357 e. The first kappa shape index (κ1) is 18.0. The molecule has 0 spiro atoms. The standard InChI is InChI=1S/C19H29N5/c1-4-20-19(21-12-10-16(2)3)22-13-11-17-14-23-24(15-17)18-8-6-5-7-9-18/h5-9,14-16H,4,10-13H2,1-3H3,(H2,20,21,22). The zero-order chi connectivity index (χ0) is 17.2. The number of guanidine groups is 1. The van der Waals surface area contributed by atoms with Crippen LogP contribution in [0.2, 0.25) is 0 Å². The van der Waals surface area contributed by atoms with Gasteiger partial charge in [0.15, 0.2) is 5.96 Å². The minimum Gasteiger partial charge on any atom is -0.357 e. The molecule has 0 atom stereocenters. The summed E-state index contributed by atoms with van der Waals surface area (Å²) >= 11 is 0. The van der Waals surface area contributed by atoms with E-state index in [2.05, 4.69) is 59.8 Å².